The molecule has 1 N–H and O–H groups in total. The fraction of sp³-hybridized carbons (Fsp3) is 1.00. The Kier molecular flexibility index (Phi) is 18.9. The molecule has 0 aromatic heterocycles. The van der Waals surface area contributed by atoms with Crippen molar-refractivity contribution in [2.45, 2.75) is 52.4 Å². The molecule has 0 atom stereocenters. The predicted octanol–water partition coefficient (Wildman–Crippen LogP) is 7.04. The Morgan fingerprint density at radius 2 is 1.50 bits per heavy atom. The number of unbranched alkanes of at least 4 members (excludes halogenated alkanes) is 4. The van der Waals surface area contributed by atoms with E-state index in [4.69, 9.17) is 54.4 Å². The Hall–Kier alpha value is 1.94. The van der Waals surface area contributed by atoms with E-state index in [2.05, 4.69) is 13.8 Å². The maximum atomic E-state index is 8.91. The van der Waals surface area contributed by atoms with E-state index in [0.29, 0.717) is 12.8 Å². The Labute approximate surface area is 132 Å². The van der Waals surface area contributed by atoms with Crippen LogP contribution in [0.1, 0.15) is 52.4 Å². The molecule has 0 saturated heterocycles. The molecule has 0 aliphatic rings. The number of hydrogen-bond acceptors (Lipinski definition) is 2. The monoisotopic (exact) mass is 378 g/mol. The normalized spacial score (nSPS) is 12.2. The first-order valence-electron chi connectivity index (χ1n) is 6.18. The van der Waals surface area contributed by atoms with Crippen molar-refractivity contribution in [3.05, 3.63) is 0 Å². The number of rotatable bonds is 9. The van der Waals surface area contributed by atoms with Crippen LogP contribution in [0, 0.1) is 0 Å². The zero-order valence-corrected chi connectivity index (χ0v) is 15.9. The van der Waals surface area contributed by atoms with Crippen molar-refractivity contribution in [3.8, 4) is 0 Å². The summed E-state index contributed by atoms with van der Waals surface area (Å²) in [5.41, 5.74) is 0. The zero-order valence-electron chi connectivity index (χ0n) is 11.0. The summed E-state index contributed by atoms with van der Waals surface area (Å²) in [5, 5.41) is 0. The summed E-state index contributed by atoms with van der Waals surface area (Å²) in [6.07, 6.45) is 4.50. The van der Waals surface area contributed by atoms with E-state index >= 15 is 0 Å². The van der Waals surface area contributed by atoms with Gasteiger partial charge in [0.15, 0.2) is 0 Å². The Morgan fingerprint density at radius 1 is 1.00 bits per heavy atom. The second kappa shape index (κ2) is 15.3. The molecule has 0 aliphatic heterocycles. The Balaban J connectivity index is 0. The average molecular weight is 380 g/mol. The first kappa shape index (κ1) is 22.2. The second-order valence-electron chi connectivity index (χ2n) is 3.87. The summed E-state index contributed by atoms with van der Waals surface area (Å²) in [6, 6.07) is 0. The van der Waals surface area contributed by atoms with Crippen LogP contribution in [-0.2, 0) is 4.52 Å². The van der Waals surface area contributed by atoms with Gasteiger partial charge in [-0.15, -0.1) is 0 Å². The van der Waals surface area contributed by atoms with Crippen LogP contribution in [0.4, 0.5) is 0 Å². The maximum absolute atomic E-state index is 8.91. The molecule has 0 saturated carbocycles. The molecule has 0 spiro atoms. The van der Waals surface area contributed by atoms with Crippen molar-refractivity contribution in [2.75, 3.05) is 12.8 Å². The molecule has 0 rings (SSSR count). The van der Waals surface area contributed by atoms with E-state index < -0.39 is 13.0 Å². The molecular weight excluding hydrogens is 356 g/mol. The van der Waals surface area contributed by atoms with Gasteiger partial charge < -0.3 is 4.52 Å². The Morgan fingerprint density at radius 3 is 1.89 bits per heavy atom. The van der Waals surface area contributed by atoms with Crippen molar-refractivity contribution in [1.29, 1.82) is 0 Å². The van der Waals surface area contributed by atoms with E-state index in [1.54, 1.807) is 0 Å². The molecule has 0 bridgehead atoms. The minimum atomic E-state index is -2.75. The predicted molar refractivity (Wildman–Crippen MR) is 90.7 cm³/mol. The fourth-order valence-electron chi connectivity index (χ4n) is 1.07. The van der Waals surface area contributed by atoms with Gasteiger partial charge in [0.25, 0.3) is 0 Å². The third-order valence-electron chi connectivity index (χ3n) is 2.02. The van der Waals surface area contributed by atoms with Crippen LogP contribution < -0.4 is 0 Å². The molecule has 0 aromatic rings. The summed E-state index contributed by atoms with van der Waals surface area (Å²) >= 11 is 21.6. The van der Waals surface area contributed by atoms with Gasteiger partial charge in [-0.25, -0.2) is 0 Å². The van der Waals surface area contributed by atoms with Gasteiger partial charge in [0.05, 0.1) is 6.61 Å². The van der Waals surface area contributed by atoms with Gasteiger partial charge in [0.1, 0.15) is 0 Å². The van der Waals surface area contributed by atoms with Crippen LogP contribution in [0.5, 0.6) is 0 Å². The first-order valence-corrected chi connectivity index (χ1v) is 13.4. The van der Waals surface area contributed by atoms with Gasteiger partial charge in [-0.3, -0.25) is 0 Å². The SMILES string of the molecule is CCCCCOP(Cl)Cl.CCCCC[PH](O)(Cl)Cl. The molecule has 0 aromatic carbocycles. The van der Waals surface area contributed by atoms with Crippen molar-refractivity contribution >= 4 is 58.0 Å². The van der Waals surface area contributed by atoms with Crippen LogP contribution >= 0.6 is 58.0 Å². The summed E-state index contributed by atoms with van der Waals surface area (Å²) in [4.78, 5) is 8.91. The average Bonchev–Trinajstić information content (AvgIpc) is 2.24. The van der Waals surface area contributed by atoms with Crippen LogP contribution in [0.15, 0.2) is 0 Å². The summed E-state index contributed by atoms with van der Waals surface area (Å²) in [5.74, 6) is 0. The summed E-state index contributed by atoms with van der Waals surface area (Å²) < 4.78 is 4.94. The van der Waals surface area contributed by atoms with Gasteiger partial charge in [-0.1, -0.05) is 19.8 Å². The van der Waals surface area contributed by atoms with Crippen molar-refractivity contribution in [3.63, 3.8) is 0 Å². The molecule has 0 fully saturated rings. The summed E-state index contributed by atoms with van der Waals surface area (Å²) in [6.45, 7) is 3.77. The molecule has 2 nitrogen and oxygen atoms in total. The molecular formula is C10H24Cl4O2P2. The van der Waals surface area contributed by atoms with E-state index in [9.17, 15) is 0 Å². The molecule has 8 heteroatoms. The quantitative estimate of drug-likeness (QED) is 0.344. The van der Waals surface area contributed by atoms with Crippen LogP contribution in [0.3, 0.4) is 0 Å². The van der Waals surface area contributed by atoms with Gasteiger partial charge in [0.2, 0.25) is 6.85 Å². The molecule has 0 amide bonds. The fourth-order valence-corrected chi connectivity index (χ4v) is 3.23. The molecule has 0 heterocycles. The van der Waals surface area contributed by atoms with E-state index in [1.165, 1.54) is 12.8 Å². The molecule has 114 valence electrons. The number of hydrogen-bond donors (Lipinski definition) is 1. The van der Waals surface area contributed by atoms with Crippen molar-refractivity contribution in [2.24, 2.45) is 0 Å². The third-order valence-corrected chi connectivity index (χ3v) is 5.07. The molecule has 0 aliphatic carbocycles. The van der Waals surface area contributed by atoms with Crippen LogP contribution in [0.25, 0.3) is 0 Å². The zero-order chi connectivity index (χ0) is 14.4. The Bertz CT molecular complexity index is 168. The van der Waals surface area contributed by atoms with Gasteiger partial charge in [0, 0.05) is 0 Å². The van der Waals surface area contributed by atoms with Gasteiger partial charge in [-0.05, 0) is 28.9 Å². The van der Waals surface area contributed by atoms with Crippen molar-refractivity contribution < 1.29 is 9.42 Å². The molecule has 0 radical (unpaired) electrons. The van der Waals surface area contributed by atoms with E-state index in [-0.39, 0.29) is 0 Å². The molecule has 18 heavy (non-hydrogen) atoms. The van der Waals surface area contributed by atoms with Crippen LogP contribution in [-0.4, -0.2) is 17.7 Å². The first-order chi connectivity index (χ1) is 8.33. The standard InChI is InChI=1S/C5H13Cl2OP.C5H11Cl2OP/c1-2-3-4-5-9(6,7)8;1-2-3-4-5-8-9(6)7/h8-9H,2-5H2,1H3;2-5H2,1H3. The second-order valence-corrected chi connectivity index (χ2v) is 13.1. The van der Waals surface area contributed by atoms with Crippen LogP contribution in [0.2, 0.25) is 0 Å². The summed E-state index contributed by atoms with van der Waals surface area (Å²) in [7, 11) is 0. The number of halogens is 4. The molecule has 0 unspecified atom stereocenters. The van der Waals surface area contributed by atoms with Gasteiger partial charge in [-0.2, -0.15) is 0 Å². The van der Waals surface area contributed by atoms with Gasteiger partial charge >= 0.3 is 65.9 Å². The van der Waals surface area contributed by atoms with Crippen molar-refractivity contribution in [1.82, 2.24) is 0 Å². The van der Waals surface area contributed by atoms with E-state index in [1.807, 2.05) is 0 Å². The topological polar surface area (TPSA) is 29.5 Å². The third kappa shape index (κ3) is 26.5. The van der Waals surface area contributed by atoms with E-state index in [0.717, 1.165) is 25.7 Å². The minimum absolute atomic E-state index is 0.601.